The summed E-state index contributed by atoms with van der Waals surface area (Å²) in [6.45, 7) is 2.29. The number of halogens is 2. The maximum absolute atomic E-state index is 5.81. The van der Waals surface area contributed by atoms with Crippen LogP contribution in [0, 0.1) is 0 Å². The molecule has 0 fully saturated rings. The summed E-state index contributed by atoms with van der Waals surface area (Å²) in [4.78, 5) is 0. The molecule has 5 heteroatoms. The summed E-state index contributed by atoms with van der Waals surface area (Å²) >= 11 is 11.3. The molecule has 1 atom stereocenters. The first-order valence-corrected chi connectivity index (χ1v) is 6.36. The quantitative estimate of drug-likeness (QED) is 0.867. The minimum absolute atomic E-state index is 0.171. The Morgan fingerprint density at radius 2 is 2.22 bits per heavy atom. The number of nitrogens with one attached hydrogen (secondary N) is 1. The van der Waals surface area contributed by atoms with Crippen LogP contribution in [0.5, 0.6) is 11.5 Å². The first-order valence-electron chi connectivity index (χ1n) is 5.55. The summed E-state index contributed by atoms with van der Waals surface area (Å²) in [5, 5.41) is 3.61. The molecule has 0 saturated heterocycles. The van der Waals surface area contributed by atoms with Gasteiger partial charge in [-0.25, -0.2) is 0 Å². The first kappa shape index (κ1) is 15.2. The van der Waals surface area contributed by atoms with Crippen LogP contribution in [0.3, 0.4) is 0 Å². The molecule has 0 aliphatic rings. The minimum atomic E-state index is 0.171. The van der Waals surface area contributed by atoms with Gasteiger partial charge < -0.3 is 14.8 Å². The van der Waals surface area contributed by atoms with Crippen LogP contribution < -0.4 is 14.8 Å². The number of hydrogen-bond acceptors (Lipinski definition) is 3. The van der Waals surface area contributed by atoms with Gasteiger partial charge >= 0.3 is 0 Å². The second-order valence-electron chi connectivity index (χ2n) is 3.76. The predicted molar refractivity (Wildman–Crippen MR) is 75.8 cm³/mol. The molecule has 0 aliphatic heterocycles. The van der Waals surface area contributed by atoms with Crippen molar-refractivity contribution in [3.05, 3.63) is 34.3 Å². The highest BCUT2D eigenvalue weighted by molar-refractivity contribution is 6.36. The fraction of sp³-hybridized carbons (Fsp3) is 0.385. The van der Waals surface area contributed by atoms with E-state index in [1.807, 2.05) is 32.2 Å². The van der Waals surface area contributed by atoms with Gasteiger partial charge in [0.1, 0.15) is 18.1 Å². The van der Waals surface area contributed by atoms with E-state index in [1.54, 1.807) is 7.11 Å². The largest absolute Gasteiger partial charge is 0.497 e. The third kappa shape index (κ3) is 4.09. The molecule has 0 spiro atoms. The van der Waals surface area contributed by atoms with Crippen molar-refractivity contribution >= 4 is 23.2 Å². The van der Waals surface area contributed by atoms with Gasteiger partial charge in [-0.05, 0) is 20.0 Å². The van der Waals surface area contributed by atoms with Gasteiger partial charge in [0.2, 0.25) is 0 Å². The molecule has 0 radical (unpaired) electrons. The van der Waals surface area contributed by atoms with Gasteiger partial charge in [0.15, 0.2) is 0 Å². The lowest BCUT2D eigenvalue weighted by Gasteiger charge is -2.17. The lowest BCUT2D eigenvalue weighted by molar-refractivity contribution is 0.346. The van der Waals surface area contributed by atoms with Crippen molar-refractivity contribution in [2.24, 2.45) is 0 Å². The summed E-state index contributed by atoms with van der Waals surface area (Å²) in [6.07, 6.45) is 0. The lowest BCUT2D eigenvalue weighted by Crippen LogP contribution is -2.14. The molecule has 0 aromatic heterocycles. The number of hydrogen-bond donors (Lipinski definition) is 1. The lowest BCUT2D eigenvalue weighted by atomic mass is 10.1. The van der Waals surface area contributed by atoms with E-state index in [0.29, 0.717) is 5.03 Å². The molecule has 0 heterocycles. The maximum atomic E-state index is 5.81. The van der Waals surface area contributed by atoms with Crippen LogP contribution in [-0.2, 0) is 0 Å². The molecule has 1 aromatic rings. The van der Waals surface area contributed by atoms with E-state index in [-0.39, 0.29) is 12.6 Å². The Kier molecular flexibility index (Phi) is 6.33. The number of rotatable bonds is 6. The van der Waals surface area contributed by atoms with Crippen LogP contribution in [0.4, 0.5) is 0 Å². The molecule has 1 rings (SSSR count). The summed E-state index contributed by atoms with van der Waals surface area (Å²) in [5.41, 5.74) is 2.33. The molecule has 0 bridgehead atoms. The normalized spacial score (nSPS) is 13.3. The second kappa shape index (κ2) is 7.52. The Balaban J connectivity index is 2.96. The van der Waals surface area contributed by atoms with Gasteiger partial charge in [-0.1, -0.05) is 29.3 Å². The van der Waals surface area contributed by atoms with Crippen LogP contribution in [0.15, 0.2) is 28.8 Å². The van der Waals surface area contributed by atoms with Crippen LogP contribution in [0.25, 0.3) is 0 Å². The third-order valence-corrected chi connectivity index (χ3v) is 3.20. The fourth-order valence-corrected chi connectivity index (χ4v) is 1.58. The van der Waals surface area contributed by atoms with E-state index in [9.17, 15) is 0 Å². The van der Waals surface area contributed by atoms with Crippen LogP contribution >= 0.6 is 23.2 Å². The van der Waals surface area contributed by atoms with Crippen molar-refractivity contribution in [1.29, 1.82) is 0 Å². The van der Waals surface area contributed by atoms with E-state index in [2.05, 4.69) is 5.32 Å². The Morgan fingerprint density at radius 1 is 1.50 bits per heavy atom. The highest BCUT2D eigenvalue weighted by Gasteiger charge is 2.11. The highest BCUT2D eigenvalue weighted by Crippen LogP contribution is 2.30. The van der Waals surface area contributed by atoms with Crippen molar-refractivity contribution in [3.63, 3.8) is 0 Å². The van der Waals surface area contributed by atoms with Crippen LogP contribution in [0.1, 0.15) is 18.5 Å². The molecule has 0 saturated carbocycles. The second-order valence-corrected chi connectivity index (χ2v) is 4.46. The summed E-state index contributed by atoms with van der Waals surface area (Å²) in [6, 6.07) is 5.87. The van der Waals surface area contributed by atoms with Crippen LogP contribution in [0.2, 0.25) is 0 Å². The van der Waals surface area contributed by atoms with Crippen molar-refractivity contribution in [2.75, 3.05) is 20.8 Å². The van der Waals surface area contributed by atoms with Crippen molar-refractivity contribution in [3.8, 4) is 11.5 Å². The Hall–Kier alpha value is -0.900. The SMILES string of the molecule is CNC(C)c1ccc(OC)cc1OC/C(Cl)=C/Cl. The molecule has 0 aliphatic carbocycles. The molecule has 1 unspecified atom stereocenters. The van der Waals surface area contributed by atoms with Gasteiger partial charge in [0.25, 0.3) is 0 Å². The minimum Gasteiger partial charge on any atom is -0.497 e. The van der Waals surface area contributed by atoms with Crippen molar-refractivity contribution in [2.45, 2.75) is 13.0 Å². The Bertz CT molecular complexity index is 421. The standard InChI is InChI=1S/C13H17Cl2NO2/c1-9(16-2)12-5-4-11(17-3)6-13(12)18-8-10(15)7-14/h4-7,9,16H,8H2,1-3H3/b10-7-. The summed E-state index contributed by atoms with van der Waals surface area (Å²) in [7, 11) is 3.51. The van der Waals surface area contributed by atoms with Gasteiger partial charge in [0.05, 0.1) is 12.1 Å². The van der Waals surface area contributed by atoms with E-state index < -0.39 is 0 Å². The van der Waals surface area contributed by atoms with Crippen molar-refractivity contribution in [1.82, 2.24) is 5.32 Å². The summed E-state index contributed by atoms with van der Waals surface area (Å²) < 4.78 is 10.8. The zero-order valence-corrected chi connectivity index (χ0v) is 12.2. The maximum Gasteiger partial charge on any atom is 0.128 e. The predicted octanol–water partition coefficient (Wildman–Crippen LogP) is 3.67. The number of ether oxygens (including phenoxy) is 2. The first-order chi connectivity index (χ1) is 8.62. The highest BCUT2D eigenvalue weighted by atomic mass is 35.5. The zero-order valence-electron chi connectivity index (χ0n) is 10.7. The van der Waals surface area contributed by atoms with E-state index in [4.69, 9.17) is 32.7 Å². The van der Waals surface area contributed by atoms with E-state index >= 15 is 0 Å². The molecule has 0 amide bonds. The average molecular weight is 290 g/mol. The Morgan fingerprint density at radius 3 is 2.78 bits per heavy atom. The smallest absolute Gasteiger partial charge is 0.128 e. The fourth-order valence-electron chi connectivity index (χ4n) is 1.46. The zero-order chi connectivity index (χ0) is 13.5. The van der Waals surface area contributed by atoms with E-state index in [1.165, 1.54) is 5.54 Å². The molecular weight excluding hydrogens is 273 g/mol. The monoisotopic (exact) mass is 289 g/mol. The molecule has 100 valence electrons. The Labute approximate surface area is 118 Å². The molecule has 1 aromatic carbocycles. The average Bonchev–Trinajstić information content (AvgIpc) is 2.43. The third-order valence-electron chi connectivity index (χ3n) is 2.60. The van der Waals surface area contributed by atoms with Gasteiger partial charge in [-0.2, -0.15) is 0 Å². The topological polar surface area (TPSA) is 30.5 Å². The van der Waals surface area contributed by atoms with E-state index in [0.717, 1.165) is 17.1 Å². The van der Waals surface area contributed by atoms with Gasteiger partial charge in [-0.15, -0.1) is 0 Å². The van der Waals surface area contributed by atoms with Gasteiger partial charge in [-0.3, -0.25) is 0 Å². The number of methoxy groups -OCH3 is 1. The molecule has 1 N–H and O–H groups in total. The molecule has 18 heavy (non-hydrogen) atoms. The molecule has 3 nitrogen and oxygen atoms in total. The summed E-state index contributed by atoms with van der Waals surface area (Å²) in [5.74, 6) is 1.47. The molecular formula is C13H17Cl2NO2. The van der Waals surface area contributed by atoms with Gasteiger partial charge in [0, 0.05) is 23.2 Å². The number of benzene rings is 1. The van der Waals surface area contributed by atoms with Crippen molar-refractivity contribution < 1.29 is 9.47 Å². The van der Waals surface area contributed by atoms with Crippen LogP contribution in [-0.4, -0.2) is 20.8 Å².